The minimum atomic E-state index is -0.118. The van der Waals surface area contributed by atoms with Gasteiger partial charge in [0.2, 0.25) is 5.91 Å². The summed E-state index contributed by atoms with van der Waals surface area (Å²) in [7, 11) is 0. The Hall–Kier alpha value is -3.06. The largest absolute Gasteiger partial charge is 0.490 e. The van der Waals surface area contributed by atoms with Gasteiger partial charge in [0.25, 0.3) is 5.91 Å². The van der Waals surface area contributed by atoms with Crippen molar-refractivity contribution in [3.05, 3.63) is 58.1 Å². The van der Waals surface area contributed by atoms with Crippen molar-refractivity contribution in [1.29, 1.82) is 0 Å². The Kier molecular flexibility index (Phi) is 7.46. The van der Waals surface area contributed by atoms with Gasteiger partial charge in [-0.15, -0.1) is 0 Å². The van der Waals surface area contributed by atoms with Gasteiger partial charge in [-0.2, -0.15) is 0 Å². The summed E-state index contributed by atoms with van der Waals surface area (Å²) < 4.78 is 11.4. The first-order valence-corrected chi connectivity index (χ1v) is 13.3. The highest BCUT2D eigenvalue weighted by molar-refractivity contribution is 5.94. The Balaban J connectivity index is 1.11. The molecule has 1 fully saturated rings. The van der Waals surface area contributed by atoms with Crippen LogP contribution in [0.4, 0.5) is 0 Å². The number of carbonyl (C=O) groups excluding carboxylic acids is 2. The van der Waals surface area contributed by atoms with Crippen molar-refractivity contribution in [2.75, 3.05) is 45.9 Å². The van der Waals surface area contributed by atoms with Crippen molar-refractivity contribution in [1.82, 2.24) is 15.1 Å². The molecule has 2 aromatic carbocycles. The third kappa shape index (κ3) is 5.51. The van der Waals surface area contributed by atoms with Crippen LogP contribution < -0.4 is 14.8 Å². The van der Waals surface area contributed by atoms with E-state index in [-0.39, 0.29) is 17.7 Å². The fraction of sp³-hybridized carbons (Fsp3) is 0.517. The number of rotatable bonds is 5. The molecular weight excluding hydrogens is 454 g/mol. The van der Waals surface area contributed by atoms with Gasteiger partial charge >= 0.3 is 0 Å². The summed E-state index contributed by atoms with van der Waals surface area (Å²) >= 11 is 0. The Bertz CT molecular complexity index is 1130. The highest BCUT2D eigenvalue weighted by Crippen LogP contribution is 2.30. The Morgan fingerprint density at radius 3 is 2.58 bits per heavy atom. The van der Waals surface area contributed by atoms with Gasteiger partial charge in [-0.05, 0) is 80.1 Å². The molecule has 0 aliphatic carbocycles. The summed E-state index contributed by atoms with van der Waals surface area (Å²) in [6, 6.07) is 9.87. The van der Waals surface area contributed by atoms with Gasteiger partial charge in [0.05, 0.1) is 19.1 Å². The third-order valence-corrected chi connectivity index (χ3v) is 7.72. The first-order chi connectivity index (χ1) is 17.5. The van der Waals surface area contributed by atoms with E-state index < -0.39 is 0 Å². The number of likely N-dealkylation sites (tertiary alicyclic amines) is 1. The molecule has 2 amide bonds. The second-order valence-corrected chi connectivity index (χ2v) is 10.3. The topological polar surface area (TPSA) is 71.1 Å². The van der Waals surface area contributed by atoms with Crippen LogP contribution in [0, 0.1) is 19.8 Å². The molecule has 0 aromatic heterocycles. The first kappa shape index (κ1) is 24.6. The lowest BCUT2D eigenvalue weighted by Crippen LogP contribution is -2.47. The van der Waals surface area contributed by atoms with Crippen LogP contribution >= 0.6 is 0 Å². The van der Waals surface area contributed by atoms with E-state index >= 15 is 0 Å². The maximum absolute atomic E-state index is 13.4. The Morgan fingerprint density at radius 1 is 0.972 bits per heavy atom. The van der Waals surface area contributed by atoms with Gasteiger partial charge in [-0.3, -0.25) is 9.59 Å². The van der Waals surface area contributed by atoms with Crippen LogP contribution in [0.1, 0.15) is 51.9 Å². The number of carbonyl (C=O) groups is 2. The maximum atomic E-state index is 13.4. The van der Waals surface area contributed by atoms with Gasteiger partial charge in [-0.1, -0.05) is 12.1 Å². The Morgan fingerprint density at radius 2 is 1.75 bits per heavy atom. The van der Waals surface area contributed by atoms with E-state index in [2.05, 4.69) is 41.1 Å². The second kappa shape index (κ2) is 10.9. The molecule has 0 saturated carbocycles. The molecule has 36 heavy (non-hydrogen) atoms. The van der Waals surface area contributed by atoms with E-state index in [0.717, 1.165) is 58.4 Å². The summed E-state index contributed by atoms with van der Waals surface area (Å²) in [6.07, 6.45) is 3.72. The molecular formula is C29H37N3O4. The maximum Gasteiger partial charge on any atom is 0.251 e. The number of nitrogens with one attached hydrogen (secondary N) is 1. The quantitative estimate of drug-likeness (QED) is 0.693. The number of hydrogen-bond donors (Lipinski definition) is 1. The van der Waals surface area contributed by atoms with Crippen molar-refractivity contribution < 1.29 is 19.1 Å². The number of nitrogens with zero attached hydrogens (tertiary/aromatic N) is 2. The molecule has 0 radical (unpaired) electrons. The number of ether oxygens (including phenoxy) is 2. The Labute approximate surface area is 213 Å². The van der Waals surface area contributed by atoms with Crippen molar-refractivity contribution in [3.63, 3.8) is 0 Å². The molecule has 5 rings (SSSR count). The molecule has 3 aliphatic rings. The number of hydrogen-bond acceptors (Lipinski definition) is 5. The fourth-order valence-electron chi connectivity index (χ4n) is 5.50. The summed E-state index contributed by atoms with van der Waals surface area (Å²) in [5.74, 6) is 1.51. The molecule has 1 N–H and O–H groups in total. The third-order valence-electron chi connectivity index (χ3n) is 7.72. The highest BCUT2D eigenvalue weighted by atomic mass is 16.5. The van der Waals surface area contributed by atoms with E-state index in [1.807, 2.05) is 0 Å². The molecule has 1 unspecified atom stereocenters. The van der Waals surface area contributed by atoms with Gasteiger partial charge in [0.15, 0.2) is 11.5 Å². The highest BCUT2D eigenvalue weighted by Gasteiger charge is 2.31. The SMILES string of the molecule is Cc1cc2c(cc1C)CN(C(=O)C1CCCN(CCNC(=O)c3ccc4c(c3)OCCCO4)C1)CC2. The van der Waals surface area contributed by atoms with Crippen molar-refractivity contribution in [3.8, 4) is 11.5 Å². The molecule has 0 bridgehead atoms. The summed E-state index contributed by atoms with van der Waals surface area (Å²) in [5.41, 5.74) is 5.87. The van der Waals surface area contributed by atoms with Crippen molar-refractivity contribution in [2.24, 2.45) is 5.92 Å². The molecule has 1 atom stereocenters. The fourth-order valence-corrected chi connectivity index (χ4v) is 5.50. The monoisotopic (exact) mass is 491 g/mol. The van der Waals surface area contributed by atoms with Crippen LogP contribution in [-0.4, -0.2) is 67.6 Å². The molecule has 3 aliphatic heterocycles. The average Bonchev–Trinajstić information content (AvgIpc) is 3.14. The lowest BCUT2D eigenvalue weighted by molar-refractivity contribution is -0.138. The van der Waals surface area contributed by atoms with Crippen LogP contribution in [0.2, 0.25) is 0 Å². The van der Waals surface area contributed by atoms with Crippen LogP contribution in [0.3, 0.4) is 0 Å². The molecule has 2 aromatic rings. The van der Waals surface area contributed by atoms with Crippen LogP contribution in [0.15, 0.2) is 30.3 Å². The lowest BCUT2D eigenvalue weighted by atomic mass is 9.92. The molecule has 0 spiro atoms. The van der Waals surface area contributed by atoms with Crippen LogP contribution in [-0.2, 0) is 17.8 Å². The molecule has 192 valence electrons. The van der Waals surface area contributed by atoms with Gasteiger partial charge < -0.3 is 24.6 Å². The zero-order valence-corrected chi connectivity index (χ0v) is 21.5. The average molecular weight is 492 g/mol. The summed E-state index contributed by atoms with van der Waals surface area (Å²) in [5, 5.41) is 3.02. The molecule has 7 nitrogen and oxygen atoms in total. The zero-order valence-electron chi connectivity index (χ0n) is 21.5. The first-order valence-electron chi connectivity index (χ1n) is 13.3. The van der Waals surface area contributed by atoms with E-state index in [4.69, 9.17) is 9.47 Å². The summed E-state index contributed by atoms with van der Waals surface area (Å²) in [4.78, 5) is 30.4. The van der Waals surface area contributed by atoms with Crippen molar-refractivity contribution in [2.45, 2.75) is 46.1 Å². The standard InChI is InChI=1S/C29H37N3O4/c1-20-15-22-8-11-32(19-25(22)16-21(20)2)29(34)24-5-3-10-31(18-24)12-9-30-28(33)23-6-7-26-27(17-23)36-14-4-13-35-26/h6-7,15-17,24H,3-5,8-14,18-19H2,1-2H3,(H,30,33). The molecule has 1 saturated heterocycles. The number of piperidine rings is 1. The minimum Gasteiger partial charge on any atom is -0.490 e. The smallest absolute Gasteiger partial charge is 0.251 e. The van der Waals surface area contributed by atoms with Gasteiger partial charge in [-0.25, -0.2) is 0 Å². The number of amides is 2. The van der Waals surface area contributed by atoms with E-state index in [9.17, 15) is 9.59 Å². The molecule has 7 heteroatoms. The van der Waals surface area contributed by atoms with Crippen molar-refractivity contribution >= 4 is 11.8 Å². The number of fused-ring (bicyclic) bond motifs is 2. The molecule has 3 heterocycles. The van der Waals surface area contributed by atoms with Gasteiger partial charge in [0, 0.05) is 44.7 Å². The minimum absolute atomic E-state index is 0.0317. The van der Waals surface area contributed by atoms with E-state index in [0.29, 0.717) is 36.8 Å². The van der Waals surface area contributed by atoms with Crippen LogP contribution in [0.25, 0.3) is 0 Å². The summed E-state index contributed by atoms with van der Waals surface area (Å²) in [6.45, 7) is 10.0. The lowest BCUT2D eigenvalue weighted by Gasteiger charge is -2.37. The second-order valence-electron chi connectivity index (χ2n) is 10.3. The normalized spacial score (nSPS) is 19.8. The van der Waals surface area contributed by atoms with Crippen LogP contribution in [0.5, 0.6) is 11.5 Å². The number of benzene rings is 2. The zero-order chi connectivity index (χ0) is 25.1. The van der Waals surface area contributed by atoms with Gasteiger partial charge in [0.1, 0.15) is 0 Å². The van der Waals surface area contributed by atoms with E-state index in [1.54, 1.807) is 18.2 Å². The predicted octanol–water partition coefficient (Wildman–Crippen LogP) is 3.49. The number of aryl methyl sites for hydroxylation is 2. The predicted molar refractivity (Wildman–Crippen MR) is 139 cm³/mol. The van der Waals surface area contributed by atoms with E-state index in [1.165, 1.54) is 22.3 Å².